The quantitative estimate of drug-likeness (QED) is 0.830. The highest BCUT2D eigenvalue weighted by Crippen LogP contribution is 2.28. The van der Waals surface area contributed by atoms with Crippen LogP contribution in [0, 0.1) is 0 Å². The Labute approximate surface area is 90.2 Å². The van der Waals surface area contributed by atoms with Crippen LogP contribution in [0.3, 0.4) is 0 Å². The molecular formula is C11H16ClNO. The van der Waals surface area contributed by atoms with Gasteiger partial charge in [-0.15, -0.1) is 0 Å². The summed E-state index contributed by atoms with van der Waals surface area (Å²) < 4.78 is 5.26. The van der Waals surface area contributed by atoms with Gasteiger partial charge in [-0.05, 0) is 32.0 Å². The normalized spacial score (nSPS) is 12.6. The average Bonchev–Trinajstić information content (AvgIpc) is 2.18. The molecule has 0 radical (unpaired) electrons. The van der Waals surface area contributed by atoms with E-state index in [0.29, 0.717) is 11.1 Å². The molecule has 0 aromatic heterocycles. The summed E-state index contributed by atoms with van der Waals surface area (Å²) in [6.45, 7) is 2.13. The number of para-hydroxylation sites is 1. The van der Waals surface area contributed by atoms with Gasteiger partial charge in [-0.3, -0.25) is 0 Å². The largest absolute Gasteiger partial charge is 0.495 e. The number of methoxy groups -OCH3 is 1. The van der Waals surface area contributed by atoms with Crippen LogP contribution < -0.4 is 10.1 Å². The van der Waals surface area contributed by atoms with E-state index < -0.39 is 0 Å². The molecule has 0 spiro atoms. The predicted octanol–water partition coefficient (Wildman–Crippen LogP) is 2.50. The molecule has 1 N–H and O–H groups in total. The van der Waals surface area contributed by atoms with Crippen LogP contribution >= 0.6 is 11.6 Å². The number of halogens is 1. The second kappa shape index (κ2) is 5.23. The SMILES string of the molecule is CNC(C)Cc1cccc(Cl)c1OC. The van der Waals surface area contributed by atoms with Gasteiger partial charge in [0.25, 0.3) is 0 Å². The Hall–Kier alpha value is -0.730. The third kappa shape index (κ3) is 2.63. The molecule has 0 aliphatic carbocycles. The first-order valence-corrected chi connectivity index (χ1v) is 5.05. The van der Waals surface area contributed by atoms with E-state index >= 15 is 0 Å². The van der Waals surface area contributed by atoms with Gasteiger partial charge in [0, 0.05) is 6.04 Å². The van der Waals surface area contributed by atoms with E-state index in [0.717, 1.165) is 17.7 Å². The Morgan fingerprint density at radius 3 is 2.79 bits per heavy atom. The van der Waals surface area contributed by atoms with Crippen molar-refractivity contribution in [3.05, 3.63) is 28.8 Å². The Bertz CT molecular complexity index is 301. The van der Waals surface area contributed by atoms with Crippen molar-refractivity contribution in [1.29, 1.82) is 0 Å². The molecule has 0 bridgehead atoms. The summed E-state index contributed by atoms with van der Waals surface area (Å²) >= 11 is 6.01. The van der Waals surface area contributed by atoms with Crippen LogP contribution in [0.2, 0.25) is 5.02 Å². The van der Waals surface area contributed by atoms with Gasteiger partial charge in [0.2, 0.25) is 0 Å². The third-order valence-electron chi connectivity index (χ3n) is 2.27. The van der Waals surface area contributed by atoms with Crippen LogP contribution in [0.4, 0.5) is 0 Å². The second-order valence-electron chi connectivity index (χ2n) is 3.33. The van der Waals surface area contributed by atoms with Crippen LogP contribution in [0.1, 0.15) is 12.5 Å². The van der Waals surface area contributed by atoms with E-state index in [1.54, 1.807) is 7.11 Å². The highest BCUT2D eigenvalue weighted by Gasteiger charge is 2.09. The molecule has 1 aromatic rings. The zero-order valence-corrected chi connectivity index (χ0v) is 9.56. The molecule has 1 unspecified atom stereocenters. The van der Waals surface area contributed by atoms with Crippen molar-refractivity contribution in [3.8, 4) is 5.75 Å². The van der Waals surface area contributed by atoms with Gasteiger partial charge in [-0.2, -0.15) is 0 Å². The Balaban J connectivity index is 2.90. The van der Waals surface area contributed by atoms with Gasteiger partial charge >= 0.3 is 0 Å². The molecule has 3 heteroatoms. The molecule has 0 aliphatic rings. The molecule has 0 fully saturated rings. The summed E-state index contributed by atoms with van der Waals surface area (Å²) in [5.74, 6) is 0.788. The number of rotatable bonds is 4. The van der Waals surface area contributed by atoms with Gasteiger partial charge in [0.15, 0.2) is 0 Å². The van der Waals surface area contributed by atoms with Crippen molar-refractivity contribution in [3.63, 3.8) is 0 Å². The summed E-state index contributed by atoms with van der Waals surface area (Å²) in [7, 11) is 3.59. The Morgan fingerprint density at radius 1 is 1.50 bits per heavy atom. The molecule has 1 atom stereocenters. The zero-order valence-electron chi connectivity index (χ0n) is 8.80. The predicted molar refractivity (Wildman–Crippen MR) is 60.2 cm³/mol. The van der Waals surface area contributed by atoms with Gasteiger partial charge in [-0.1, -0.05) is 23.7 Å². The maximum absolute atomic E-state index is 6.01. The maximum atomic E-state index is 6.01. The monoisotopic (exact) mass is 213 g/mol. The van der Waals surface area contributed by atoms with Crippen LogP contribution in [-0.2, 0) is 6.42 Å². The fraction of sp³-hybridized carbons (Fsp3) is 0.455. The molecule has 1 rings (SSSR count). The van der Waals surface area contributed by atoms with Crippen molar-refractivity contribution in [1.82, 2.24) is 5.32 Å². The van der Waals surface area contributed by atoms with Crippen LogP contribution in [-0.4, -0.2) is 20.2 Å². The van der Waals surface area contributed by atoms with Crippen molar-refractivity contribution >= 4 is 11.6 Å². The number of ether oxygens (including phenoxy) is 1. The Kier molecular flexibility index (Phi) is 4.23. The second-order valence-corrected chi connectivity index (χ2v) is 3.73. The van der Waals surface area contributed by atoms with Crippen LogP contribution in [0.15, 0.2) is 18.2 Å². The lowest BCUT2D eigenvalue weighted by Gasteiger charge is -2.14. The van der Waals surface area contributed by atoms with Gasteiger partial charge < -0.3 is 10.1 Å². The van der Waals surface area contributed by atoms with E-state index in [2.05, 4.69) is 12.2 Å². The third-order valence-corrected chi connectivity index (χ3v) is 2.57. The Morgan fingerprint density at radius 2 is 2.21 bits per heavy atom. The highest BCUT2D eigenvalue weighted by molar-refractivity contribution is 6.32. The number of likely N-dealkylation sites (N-methyl/N-ethyl adjacent to an activating group) is 1. The van der Waals surface area contributed by atoms with E-state index in [4.69, 9.17) is 16.3 Å². The van der Waals surface area contributed by atoms with Gasteiger partial charge in [-0.25, -0.2) is 0 Å². The van der Waals surface area contributed by atoms with Crippen molar-refractivity contribution < 1.29 is 4.74 Å². The van der Waals surface area contributed by atoms with Crippen molar-refractivity contribution in [2.24, 2.45) is 0 Å². The highest BCUT2D eigenvalue weighted by atomic mass is 35.5. The number of hydrogen-bond donors (Lipinski definition) is 1. The van der Waals surface area contributed by atoms with Gasteiger partial charge in [0.05, 0.1) is 12.1 Å². The lowest BCUT2D eigenvalue weighted by molar-refractivity contribution is 0.407. The fourth-order valence-corrected chi connectivity index (χ4v) is 1.65. The van der Waals surface area contributed by atoms with E-state index in [-0.39, 0.29) is 0 Å². The van der Waals surface area contributed by atoms with E-state index in [9.17, 15) is 0 Å². The molecule has 14 heavy (non-hydrogen) atoms. The van der Waals surface area contributed by atoms with E-state index in [1.165, 1.54) is 0 Å². The first-order chi connectivity index (χ1) is 6.69. The summed E-state index contributed by atoms with van der Waals surface area (Å²) in [5.41, 5.74) is 1.14. The average molecular weight is 214 g/mol. The van der Waals surface area contributed by atoms with Crippen molar-refractivity contribution in [2.75, 3.05) is 14.2 Å². The molecule has 78 valence electrons. The summed E-state index contributed by atoms with van der Waals surface area (Å²) in [4.78, 5) is 0. The number of benzene rings is 1. The summed E-state index contributed by atoms with van der Waals surface area (Å²) in [5, 5.41) is 3.86. The summed E-state index contributed by atoms with van der Waals surface area (Å²) in [6, 6.07) is 6.25. The molecule has 0 saturated carbocycles. The minimum Gasteiger partial charge on any atom is -0.495 e. The lowest BCUT2D eigenvalue weighted by atomic mass is 10.1. The minimum atomic E-state index is 0.419. The van der Waals surface area contributed by atoms with Crippen LogP contribution in [0.5, 0.6) is 5.75 Å². The molecule has 0 heterocycles. The first-order valence-electron chi connectivity index (χ1n) is 4.67. The summed E-state index contributed by atoms with van der Waals surface area (Å²) in [6.07, 6.45) is 0.917. The van der Waals surface area contributed by atoms with Gasteiger partial charge in [0.1, 0.15) is 5.75 Å². The lowest BCUT2D eigenvalue weighted by Crippen LogP contribution is -2.23. The standard InChI is InChI=1S/C11H16ClNO/c1-8(13-2)7-9-5-4-6-10(12)11(9)14-3/h4-6,8,13H,7H2,1-3H3. The first kappa shape index (κ1) is 11.3. The maximum Gasteiger partial charge on any atom is 0.140 e. The number of hydrogen-bond acceptors (Lipinski definition) is 2. The zero-order chi connectivity index (χ0) is 10.6. The molecule has 1 aromatic carbocycles. The topological polar surface area (TPSA) is 21.3 Å². The fourth-order valence-electron chi connectivity index (χ4n) is 1.37. The molecular weight excluding hydrogens is 198 g/mol. The molecule has 0 saturated heterocycles. The smallest absolute Gasteiger partial charge is 0.140 e. The molecule has 0 amide bonds. The van der Waals surface area contributed by atoms with E-state index in [1.807, 2.05) is 25.2 Å². The molecule has 0 aliphatic heterocycles. The van der Waals surface area contributed by atoms with Crippen LogP contribution in [0.25, 0.3) is 0 Å². The molecule has 2 nitrogen and oxygen atoms in total. The van der Waals surface area contributed by atoms with Crippen molar-refractivity contribution in [2.45, 2.75) is 19.4 Å². The number of nitrogens with one attached hydrogen (secondary N) is 1. The minimum absolute atomic E-state index is 0.419.